The number of rotatable bonds is 11. The highest BCUT2D eigenvalue weighted by Crippen LogP contribution is 2.31. The fourth-order valence-electron chi connectivity index (χ4n) is 4.88. The van der Waals surface area contributed by atoms with E-state index < -0.39 is 0 Å². The van der Waals surface area contributed by atoms with Crippen LogP contribution in [0.1, 0.15) is 31.9 Å². The molecular formula is C35H33NO6. The van der Waals surface area contributed by atoms with Gasteiger partial charge in [0, 0.05) is 36.6 Å². The Bertz CT molecular complexity index is 1700. The van der Waals surface area contributed by atoms with Crippen LogP contribution in [0.2, 0.25) is 0 Å². The van der Waals surface area contributed by atoms with E-state index >= 15 is 0 Å². The molecule has 0 fully saturated rings. The summed E-state index contributed by atoms with van der Waals surface area (Å²) in [6.45, 7) is 6.66. The smallest absolute Gasteiger partial charge is 0.310 e. The maximum absolute atomic E-state index is 12.4. The molecule has 0 radical (unpaired) electrons. The minimum atomic E-state index is -0.365. The predicted octanol–water partition coefficient (Wildman–Crippen LogP) is 7.58. The molecule has 7 heteroatoms. The number of nitrogens with zero attached hydrogens (tertiary/aromatic N) is 1. The zero-order chi connectivity index (χ0) is 29.5. The number of esters is 2. The highest BCUT2D eigenvalue weighted by Gasteiger charge is 2.15. The molecule has 0 aliphatic heterocycles. The maximum Gasteiger partial charge on any atom is 0.310 e. The molecule has 0 bridgehead atoms. The van der Waals surface area contributed by atoms with Crippen molar-refractivity contribution in [2.45, 2.75) is 33.7 Å². The quantitative estimate of drug-likeness (QED) is 0.122. The van der Waals surface area contributed by atoms with Crippen LogP contribution in [0, 0.1) is 0 Å². The Morgan fingerprint density at radius 3 is 2.24 bits per heavy atom. The molecule has 0 amide bonds. The Balaban J connectivity index is 1.43. The number of hydrogen-bond acceptors (Lipinski definition) is 6. The maximum atomic E-state index is 12.4. The van der Waals surface area contributed by atoms with Crippen LogP contribution in [0.3, 0.4) is 0 Å². The summed E-state index contributed by atoms with van der Waals surface area (Å²) in [6.07, 6.45) is 2.20. The number of fused-ring (bicyclic) bond motifs is 1. The van der Waals surface area contributed by atoms with Crippen LogP contribution in [0.5, 0.6) is 23.0 Å². The lowest BCUT2D eigenvalue weighted by Crippen LogP contribution is -2.07. The van der Waals surface area contributed by atoms with Gasteiger partial charge in [-0.15, -0.1) is 0 Å². The fourth-order valence-corrected chi connectivity index (χ4v) is 4.88. The summed E-state index contributed by atoms with van der Waals surface area (Å²) in [7, 11) is 0. The van der Waals surface area contributed by atoms with Gasteiger partial charge in [0.15, 0.2) is 0 Å². The van der Waals surface area contributed by atoms with Crippen molar-refractivity contribution in [3.8, 4) is 34.1 Å². The standard InChI is InChI=1S/C35H33NO6/c1-4-39-30-9-7-11-32(21-30)42-29-15-12-25(13-16-29)22-36-23-28(20-35(38)40-5-2)33-17-14-27(19-34(33)36)26-8-6-10-31(18-26)41-24(3)37/h6-19,21,23H,4-5,20,22H2,1-3H3. The van der Waals surface area contributed by atoms with Gasteiger partial charge in [0.05, 0.1) is 19.6 Å². The van der Waals surface area contributed by atoms with E-state index in [-0.39, 0.29) is 18.4 Å². The summed E-state index contributed by atoms with van der Waals surface area (Å²) >= 11 is 0. The second-order valence-electron chi connectivity index (χ2n) is 9.77. The summed E-state index contributed by atoms with van der Waals surface area (Å²) in [6, 6.07) is 29.1. The third-order valence-electron chi connectivity index (χ3n) is 6.66. The van der Waals surface area contributed by atoms with Gasteiger partial charge in [-0.2, -0.15) is 0 Å². The first-order valence-electron chi connectivity index (χ1n) is 14.0. The van der Waals surface area contributed by atoms with Crippen LogP contribution in [-0.4, -0.2) is 29.7 Å². The van der Waals surface area contributed by atoms with Gasteiger partial charge in [-0.3, -0.25) is 9.59 Å². The summed E-state index contributed by atoms with van der Waals surface area (Å²) in [5, 5.41) is 0.983. The second kappa shape index (κ2) is 13.1. The van der Waals surface area contributed by atoms with Gasteiger partial charge in [-0.05, 0) is 78.6 Å². The summed E-state index contributed by atoms with van der Waals surface area (Å²) < 4.78 is 24.3. The molecule has 0 unspecified atom stereocenters. The average Bonchev–Trinajstić information content (AvgIpc) is 3.30. The van der Waals surface area contributed by atoms with Crippen molar-refractivity contribution in [2.75, 3.05) is 13.2 Å². The van der Waals surface area contributed by atoms with Crippen LogP contribution in [0.25, 0.3) is 22.0 Å². The highest BCUT2D eigenvalue weighted by molar-refractivity contribution is 5.91. The third kappa shape index (κ3) is 6.99. The highest BCUT2D eigenvalue weighted by atomic mass is 16.5. The molecule has 214 valence electrons. The molecular weight excluding hydrogens is 530 g/mol. The molecule has 0 aliphatic rings. The van der Waals surface area contributed by atoms with E-state index in [9.17, 15) is 9.59 Å². The summed E-state index contributed by atoms with van der Waals surface area (Å²) in [4.78, 5) is 23.9. The number of aromatic nitrogens is 1. The van der Waals surface area contributed by atoms with Gasteiger partial charge < -0.3 is 23.5 Å². The average molecular weight is 564 g/mol. The Morgan fingerprint density at radius 1 is 0.738 bits per heavy atom. The molecule has 5 rings (SSSR count). The number of ether oxygens (including phenoxy) is 4. The van der Waals surface area contributed by atoms with E-state index in [1.165, 1.54) is 6.92 Å². The van der Waals surface area contributed by atoms with Gasteiger partial charge in [0.25, 0.3) is 0 Å². The first-order valence-corrected chi connectivity index (χ1v) is 14.0. The lowest BCUT2D eigenvalue weighted by Gasteiger charge is -2.11. The molecule has 4 aromatic carbocycles. The number of carbonyl (C=O) groups is 2. The zero-order valence-electron chi connectivity index (χ0n) is 24.0. The van der Waals surface area contributed by atoms with Crippen LogP contribution in [0.4, 0.5) is 0 Å². The van der Waals surface area contributed by atoms with Gasteiger partial charge in [-0.1, -0.05) is 42.5 Å². The minimum Gasteiger partial charge on any atom is -0.494 e. The van der Waals surface area contributed by atoms with Crippen molar-refractivity contribution >= 4 is 22.8 Å². The molecule has 42 heavy (non-hydrogen) atoms. The molecule has 0 saturated heterocycles. The van der Waals surface area contributed by atoms with Crippen LogP contribution >= 0.6 is 0 Å². The Labute approximate surface area is 245 Å². The first kappa shape index (κ1) is 28.5. The lowest BCUT2D eigenvalue weighted by molar-refractivity contribution is -0.142. The number of hydrogen-bond donors (Lipinski definition) is 0. The van der Waals surface area contributed by atoms with Crippen LogP contribution < -0.4 is 14.2 Å². The van der Waals surface area contributed by atoms with E-state index in [1.54, 1.807) is 13.0 Å². The van der Waals surface area contributed by atoms with E-state index in [0.29, 0.717) is 31.3 Å². The molecule has 0 atom stereocenters. The monoisotopic (exact) mass is 563 g/mol. The van der Waals surface area contributed by atoms with E-state index in [0.717, 1.165) is 44.7 Å². The number of carbonyl (C=O) groups excluding carboxylic acids is 2. The SMILES string of the molecule is CCOC(=O)Cc1cn(Cc2ccc(Oc3cccc(OCC)c3)cc2)c2cc(-c3cccc(OC(C)=O)c3)ccc12. The Kier molecular flexibility index (Phi) is 8.87. The molecule has 0 saturated carbocycles. The van der Waals surface area contributed by atoms with Crippen LogP contribution in [-0.2, 0) is 27.3 Å². The minimum absolute atomic E-state index is 0.187. The summed E-state index contributed by atoms with van der Waals surface area (Å²) in [5.41, 5.74) is 4.85. The molecule has 5 aromatic rings. The topological polar surface area (TPSA) is 76.0 Å². The largest absolute Gasteiger partial charge is 0.494 e. The fraction of sp³-hybridized carbons (Fsp3) is 0.200. The van der Waals surface area contributed by atoms with Crippen molar-refractivity contribution in [2.24, 2.45) is 0 Å². The van der Waals surface area contributed by atoms with Crippen molar-refractivity contribution in [3.63, 3.8) is 0 Å². The van der Waals surface area contributed by atoms with Crippen LogP contribution in [0.15, 0.2) is 97.2 Å². The number of benzene rings is 4. The molecule has 1 heterocycles. The predicted molar refractivity (Wildman–Crippen MR) is 162 cm³/mol. The second-order valence-corrected chi connectivity index (χ2v) is 9.77. The Morgan fingerprint density at radius 2 is 1.48 bits per heavy atom. The first-order chi connectivity index (χ1) is 20.4. The van der Waals surface area contributed by atoms with E-state index in [2.05, 4.69) is 10.6 Å². The zero-order valence-corrected chi connectivity index (χ0v) is 24.0. The molecule has 1 aromatic heterocycles. The third-order valence-corrected chi connectivity index (χ3v) is 6.66. The summed E-state index contributed by atoms with van der Waals surface area (Å²) in [5.74, 6) is 2.06. The normalized spacial score (nSPS) is 10.8. The van der Waals surface area contributed by atoms with Crippen molar-refractivity contribution in [3.05, 3.63) is 108 Å². The molecule has 7 nitrogen and oxygen atoms in total. The van der Waals surface area contributed by atoms with Gasteiger partial charge >= 0.3 is 11.9 Å². The Hall–Kier alpha value is -5.04. The molecule has 0 spiro atoms. The van der Waals surface area contributed by atoms with Gasteiger partial charge in [0.2, 0.25) is 0 Å². The molecule has 0 aliphatic carbocycles. The van der Waals surface area contributed by atoms with Gasteiger partial charge in [-0.25, -0.2) is 0 Å². The van der Waals surface area contributed by atoms with Gasteiger partial charge in [0.1, 0.15) is 23.0 Å². The van der Waals surface area contributed by atoms with Crippen molar-refractivity contribution in [1.82, 2.24) is 4.57 Å². The van der Waals surface area contributed by atoms with E-state index in [1.807, 2.05) is 92.0 Å². The van der Waals surface area contributed by atoms with Crippen molar-refractivity contribution in [1.29, 1.82) is 0 Å². The molecule has 0 N–H and O–H groups in total. The van der Waals surface area contributed by atoms with Crippen molar-refractivity contribution < 1.29 is 28.5 Å². The van der Waals surface area contributed by atoms with E-state index in [4.69, 9.17) is 18.9 Å². The lowest BCUT2D eigenvalue weighted by atomic mass is 10.0.